The number of nitrogens with zero attached hydrogens (tertiary/aromatic N) is 1. The van der Waals surface area contributed by atoms with E-state index in [0.717, 1.165) is 0 Å². The van der Waals surface area contributed by atoms with Crippen LogP contribution in [0.5, 0.6) is 0 Å². The number of ether oxygens (including phenoxy) is 1. The maximum Gasteiger partial charge on any atom is 0.339 e. The van der Waals surface area contributed by atoms with Gasteiger partial charge in [0.05, 0.1) is 5.56 Å². The zero-order valence-corrected chi connectivity index (χ0v) is 17.1. The maximum absolute atomic E-state index is 13.4. The maximum atomic E-state index is 13.4. The quantitative estimate of drug-likeness (QED) is 0.404. The Balaban J connectivity index is 1.68. The van der Waals surface area contributed by atoms with E-state index in [-0.39, 0.29) is 29.3 Å². The minimum atomic E-state index is -0.755. The molecule has 0 atom stereocenters. The predicted octanol–water partition coefficient (Wildman–Crippen LogP) is 4.26. The molecule has 0 unspecified atom stereocenters. The van der Waals surface area contributed by atoms with Crippen LogP contribution in [0.4, 0.5) is 4.39 Å². The number of ketones is 1. The third-order valence-electron chi connectivity index (χ3n) is 4.75. The van der Waals surface area contributed by atoms with Gasteiger partial charge in [-0.15, -0.1) is 0 Å². The molecule has 3 aromatic carbocycles. The average Bonchev–Trinajstić information content (AvgIpc) is 2.81. The molecule has 0 bridgehead atoms. The van der Waals surface area contributed by atoms with Crippen molar-refractivity contribution in [1.82, 2.24) is 4.90 Å². The van der Waals surface area contributed by atoms with Crippen LogP contribution in [0.3, 0.4) is 0 Å². The fourth-order valence-electron chi connectivity index (χ4n) is 3.13. The molecule has 5 nitrogen and oxygen atoms in total. The zero-order chi connectivity index (χ0) is 22.2. The minimum Gasteiger partial charge on any atom is -0.452 e. The van der Waals surface area contributed by atoms with Crippen LogP contribution in [0.15, 0.2) is 78.9 Å². The Morgan fingerprint density at radius 1 is 0.871 bits per heavy atom. The highest BCUT2D eigenvalue weighted by Gasteiger charge is 2.21. The van der Waals surface area contributed by atoms with Crippen LogP contribution in [0.1, 0.15) is 38.8 Å². The van der Waals surface area contributed by atoms with Crippen molar-refractivity contribution in [3.8, 4) is 0 Å². The van der Waals surface area contributed by atoms with Crippen LogP contribution in [-0.4, -0.2) is 35.7 Å². The summed E-state index contributed by atoms with van der Waals surface area (Å²) >= 11 is 0. The van der Waals surface area contributed by atoms with Gasteiger partial charge in [-0.3, -0.25) is 9.59 Å². The number of rotatable bonds is 8. The topological polar surface area (TPSA) is 63.7 Å². The summed E-state index contributed by atoms with van der Waals surface area (Å²) in [7, 11) is 0. The van der Waals surface area contributed by atoms with E-state index in [2.05, 4.69) is 0 Å². The molecule has 6 heteroatoms. The monoisotopic (exact) mass is 419 g/mol. The van der Waals surface area contributed by atoms with E-state index in [1.54, 1.807) is 67.6 Å². The van der Waals surface area contributed by atoms with Gasteiger partial charge in [-0.05, 0) is 30.7 Å². The molecule has 3 aromatic rings. The first-order valence-corrected chi connectivity index (χ1v) is 9.87. The van der Waals surface area contributed by atoms with E-state index in [1.807, 2.05) is 0 Å². The molecular weight excluding hydrogens is 397 g/mol. The second kappa shape index (κ2) is 10.3. The molecule has 158 valence electrons. The molecular formula is C25H22FNO4. The van der Waals surface area contributed by atoms with Gasteiger partial charge < -0.3 is 9.64 Å². The molecule has 0 N–H and O–H groups in total. The van der Waals surface area contributed by atoms with Crippen molar-refractivity contribution in [1.29, 1.82) is 0 Å². The van der Waals surface area contributed by atoms with Gasteiger partial charge in [-0.2, -0.15) is 0 Å². The Morgan fingerprint density at radius 2 is 1.55 bits per heavy atom. The fourth-order valence-corrected chi connectivity index (χ4v) is 3.13. The SMILES string of the molecule is CCN(Cc1cccc(F)c1)C(=O)COC(=O)c1ccccc1C(=O)c1ccccc1. The molecule has 3 rings (SSSR count). The van der Waals surface area contributed by atoms with Gasteiger partial charge in [0.2, 0.25) is 0 Å². The standard InChI is InChI=1S/C25H22FNO4/c1-2-27(16-18-9-8-12-20(26)15-18)23(28)17-31-25(30)22-14-7-6-13-21(22)24(29)19-10-4-3-5-11-19/h3-15H,2,16-17H2,1H3. The predicted molar refractivity (Wildman–Crippen MR) is 114 cm³/mol. The zero-order valence-electron chi connectivity index (χ0n) is 17.1. The van der Waals surface area contributed by atoms with Gasteiger partial charge in [0.15, 0.2) is 12.4 Å². The summed E-state index contributed by atoms with van der Waals surface area (Å²) in [6.07, 6.45) is 0. The summed E-state index contributed by atoms with van der Waals surface area (Å²) in [5.41, 5.74) is 1.39. The van der Waals surface area contributed by atoms with Crippen LogP contribution >= 0.6 is 0 Å². The van der Waals surface area contributed by atoms with E-state index in [0.29, 0.717) is 17.7 Å². The van der Waals surface area contributed by atoms with E-state index in [9.17, 15) is 18.8 Å². The highest BCUT2D eigenvalue weighted by molar-refractivity contribution is 6.14. The molecule has 0 aliphatic carbocycles. The molecule has 0 saturated carbocycles. The van der Waals surface area contributed by atoms with Crippen molar-refractivity contribution in [3.05, 3.63) is 107 Å². The molecule has 0 aromatic heterocycles. The summed E-state index contributed by atoms with van der Waals surface area (Å²) in [6.45, 7) is 1.88. The number of esters is 1. The summed E-state index contributed by atoms with van der Waals surface area (Å²) in [4.78, 5) is 39.4. The molecule has 0 aliphatic rings. The van der Waals surface area contributed by atoms with E-state index in [4.69, 9.17) is 4.74 Å². The first-order valence-electron chi connectivity index (χ1n) is 9.87. The first-order chi connectivity index (χ1) is 15.0. The van der Waals surface area contributed by atoms with Gasteiger partial charge >= 0.3 is 5.97 Å². The molecule has 0 saturated heterocycles. The smallest absolute Gasteiger partial charge is 0.339 e. The summed E-state index contributed by atoms with van der Waals surface area (Å²) in [6, 6.07) is 20.9. The lowest BCUT2D eigenvalue weighted by Gasteiger charge is -2.21. The minimum absolute atomic E-state index is 0.0948. The summed E-state index contributed by atoms with van der Waals surface area (Å²) in [5, 5.41) is 0. The molecule has 0 radical (unpaired) electrons. The summed E-state index contributed by atoms with van der Waals surface area (Å²) < 4.78 is 18.6. The van der Waals surface area contributed by atoms with E-state index in [1.165, 1.54) is 23.1 Å². The van der Waals surface area contributed by atoms with Crippen molar-refractivity contribution in [3.63, 3.8) is 0 Å². The lowest BCUT2D eigenvalue weighted by molar-refractivity contribution is -0.134. The number of amides is 1. The molecule has 0 aliphatic heterocycles. The number of likely N-dealkylation sites (N-methyl/N-ethyl adjacent to an activating group) is 1. The number of benzene rings is 3. The van der Waals surface area contributed by atoms with Crippen LogP contribution in [-0.2, 0) is 16.1 Å². The highest BCUT2D eigenvalue weighted by Crippen LogP contribution is 2.16. The van der Waals surface area contributed by atoms with Gasteiger partial charge in [-0.25, -0.2) is 9.18 Å². The number of hydrogen-bond donors (Lipinski definition) is 0. The fraction of sp³-hybridized carbons (Fsp3) is 0.160. The largest absolute Gasteiger partial charge is 0.452 e. The highest BCUT2D eigenvalue weighted by atomic mass is 19.1. The number of hydrogen-bond acceptors (Lipinski definition) is 4. The van der Waals surface area contributed by atoms with Crippen molar-refractivity contribution >= 4 is 17.7 Å². The van der Waals surface area contributed by atoms with Crippen LogP contribution in [0.2, 0.25) is 0 Å². The lowest BCUT2D eigenvalue weighted by atomic mass is 9.98. The van der Waals surface area contributed by atoms with E-state index >= 15 is 0 Å². The molecule has 0 heterocycles. The van der Waals surface area contributed by atoms with Gasteiger partial charge in [0, 0.05) is 24.2 Å². The van der Waals surface area contributed by atoms with Crippen molar-refractivity contribution in [2.75, 3.05) is 13.2 Å². The third-order valence-corrected chi connectivity index (χ3v) is 4.75. The normalized spacial score (nSPS) is 10.4. The first kappa shape index (κ1) is 21.9. The lowest BCUT2D eigenvalue weighted by Crippen LogP contribution is -2.34. The average molecular weight is 419 g/mol. The molecule has 31 heavy (non-hydrogen) atoms. The molecule has 0 fully saturated rings. The molecule has 1 amide bonds. The third kappa shape index (κ3) is 5.63. The summed E-state index contributed by atoms with van der Waals surface area (Å²) in [5.74, 6) is -1.85. The Bertz CT molecular complexity index is 1080. The van der Waals surface area contributed by atoms with Gasteiger partial charge in [0.1, 0.15) is 5.82 Å². The van der Waals surface area contributed by atoms with Gasteiger partial charge in [0.25, 0.3) is 5.91 Å². The van der Waals surface area contributed by atoms with Crippen LogP contribution in [0, 0.1) is 5.82 Å². The number of carbonyl (C=O) groups excluding carboxylic acids is 3. The van der Waals surface area contributed by atoms with Crippen LogP contribution < -0.4 is 0 Å². The van der Waals surface area contributed by atoms with Crippen molar-refractivity contribution in [2.45, 2.75) is 13.5 Å². The molecule has 0 spiro atoms. The Labute approximate surface area is 180 Å². The van der Waals surface area contributed by atoms with Crippen molar-refractivity contribution in [2.24, 2.45) is 0 Å². The second-order valence-electron chi connectivity index (χ2n) is 6.85. The van der Waals surface area contributed by atoms with Gasteiger partial charge in [-0.1, -0.05) is 60.7 Å². The van der Waals surface area contributed by atoms with Crippen molar-refractivity contribution < 1.29 is 23.5 Å². The Kier molecular flexibility index (Phi) is 7.27. The second-order valence-corrected chi connectivity index (χ2v) is 6.85. The van der Waals surface area contributed by atoms with E-state index < -0.39 is 18.5 Å². The number of halogens is 1. The van der Waals surface area contributed by atoms with Crippen LogP contribution in [0.25, 0.3) is 0 Å². The number of carbonyl (C=O) groups is 3. The Morgan fingerprint density at radius 3 is 2.23 bits per heavy atom. The Hall–Kier alpha value is -3.80.